The average molecular weight is 698 g/mol. The van der Waals surface area contributed by atoms with Crippen molar-refractivity contribution in [2.45, 2.75) is 25.7 Å². The number of methoxy groups -OCH3 is 4. The summed E-state index contributed by atoms with van der Waals surface area (Å²) in [5, 5.41) is 0.985. The minimum absolute atomic E-state index is 0.0274. The summed E-state index contributed by atoms with van der Waals surface area (Å²) in [6.07, 6.45) is 4.20. The van der Waals surface area contributed by atoms with E-state index in [4.69, 9.17) is 33.2 Å². The Morgan fingerprint density at radius 3 is 1.82 bits per heavy atom. The molecule has 0 aliphatic carbocycles. The van der Waals surface area contributed by atoms with Gasteiger partial charge in [0.05, 0.1) is 45.9 Å². The van der Waals surface area contributed by atoms with Gasteiger partial charge in [0.2, 0.25) is 0 Å². The van der Waals surface area contributed by atoms with Crippen LogP contribution in [-0.4, -0.2) is 104 Å². The number of unbranched alkanes of at least 4 members (excludes halogenated alkanes) is 3. The number of carbonyl (C=O) groups excluding carboxylic acids is 3. The molecule has 12 nitrogen and oxygen atoms in total. The zero-order chi connectivity index (χ0) is 32.9. The monoisotopic (exact) mass is 696 g/mol. The standard InChI is InChI=1S/C32H45BrN2O10/c1-39-18-16-34(22-30(36)40-2)26-11-7-8-12-28(26)44-19-20-45-29-21-25(43-17-10-6-5-9-15-33)13-14-27(29)35(23-31(37)41-3)24-32(38)42-4/h7-8,11-14,21H,5-6,9-10,15-20,22-24H2,1-4H3. The molecule has 2 aromatic carbocycles. The summed E-state index contributed by atoms with van der Waals surface area (Å²) in [4.78, 5) is 39.8. The number of hydrogen-bond acceptors (Lipinski definition) is 12. The molecule has 0 N–H and O–H groups in total. The number of nitrogens with zero attached hydrogens (tertiary/aromatic N) is 2. The number of rotatable bonds is 23. The molecule has 250 valence electrons. The largest absolute Gasteiger partial charge is 0.493 e. The first-order valence-corrected chi connectivity index (χ1v) is 15.9. The molecule has 2 rings (SSSR count). The highest BCUT2D eigenvalue weighted by molar-refractivity contribution is 9.09. The minimum atomic E-state index is -0.529. The maximum Gasteiger partial charge on any atom is 0.325 e. The summed E-state index contributed by atoms with van der Waals surface area (Å²) in [5.74, 6) is 0.0897. The van der Waals surface area contributed by atoms with Crippen LogP contribution in [0.2, 0.25) is 0 Å². The van der Waals surface area contributed by atoms with Gasteiger partial charge in [-0.2, -0.15) is 0 Å². The molecule has 0 aromatic heterocycles. The van der Waals surface area contributed by atoms with E-state index in [0.717, 1.165) is 31.0 Å². The number of esters is 3. The third-order valence-corrected chi connectivity index (χ3v) is 7.14. The molecule has 0 aliphatic rings. The van der Waals surface area contributed by atoms with Crippen LogP contribution in [0.3, 0.4) is 0 Å². The Labute approximate surface area is 273 Å². The van der Waals surface area contributed by atoms with E-state index in [-0.39, 0.29) is 38.8 Å². The fourth-order valence-electron chi connectivity index (χ4n) is 4.22. The lowest BCUT2D eigenvalue weighted by molar-refractivity contribution is -0.140. The quantitative estimate of drug-likeness (QED) is 0.0714. The summed E-state index contributed by atoms with van der Waals surface area (Å²) in [6.45, 7) is 1.30. The third-order valence-electron chi connectivity index (χ3n) is 6.58. The summed E-state index contributed by atoms with van der Waals surface area (Å²) in [7, 11) is 5.49. The Balaban J connectivity index is 2.22. The highest BCUT2D eigenvalue weighted by Crippen LogP contribution is 2.33. The Hall–Kier alpha value is -3.71. The Kier molecular flexibility index (Phi) is 18.2. The molecular formula is C32H45BrN2O10. The van der Waals surface area contributed by atoms with Crippen molar-refractivity contribution in [3.05, 3.63) is 42.5 Å². The third kappa shape index (κ3) is 13.9. The molecule has 0 saturated carbocycles. The molecule has 45 heavy (non-hydrogen) atoms. The molecule has 13 heteroatoms. The highest BCUT2D eigenvalue weighted by atomic mass is 79.9. The van der Waals surface area contributed by atoms with E-state index >= 15 is 0 Å². The van der Waals surface area contributed by atoms with Crippen LogP contribution in [0.4, 0.5) is 11.4 Å². The predicted octanol–water partition coefficient (Wildman–Crippen LogP) is 4.26. The van der Waals surface area contributed by atoms with Crippen molar-refractivity contribution in [3.63, 3.8) is 0 Å². The van der Waals surface area contributed by atoms with E-state index in [1.54, 1.807) is 31.4 Å². The van der Waals surface area contributed by atoms with Crippen LogP contribution in [-0.2, 0) is 33.3 Å². The van der Waals surface area contributed by atoms with Crippen molar-refractivity contribution in [2.75, 3.05) is 96.2 Å². The molecule has 2 aromatic rings. The first-order valence-electron chi connectivity index (χ1n) is 14.7. The molecular weight excluding hydrogens is 652 g/mol. The Bertz CT molecular complexity index is 1160. The van der Waals surface area contributed by atoms with Crippen LogP contribution < -0.4 is 24.0 Å². The maximum absolute atomic E-state index is 12.2. The van der Waals surface area contributed by atoms with Crippen LogP contribution in [0.15, 0.2) is 42.5 Å². The zero-order valence-corrected chi connectivity index (χ0v) is 28.2. The summed E-state index contributed by atoms with van der Waals surface area (Å²) < 4.78 is 38.0. The number of alkyl halides is 1. The van der Waals surface area contributed by atoms with Crippen LogP contribution in [0.5, 0.6) is 17.2 Å². The van der Waals surface area contributed by atoms with Crippen LogP contribution in [0.25, 0.3) is 0 Å². The van der Waals surface area contributed by atoms with Gasteiger partial charge >= 0.3 is 17.9 Å². The molecule has 0 radical (unpaired) electrons. The molecule has 0 aliphatic heterocycles. The number of ether oxygens (including phenoxy) is 7. The van der Waals surface area contributed by atoms with E-state index < -0.39 is 11.9 Å². The van der Waals surface area contributed by atoms with E-state index in [1.165, 1.54) is 26.2 Å². The van der Waals surface area contributed by atoms with Crippen molar-refractivity contribution in [2.24, 2.45) is 0 Å². The van der Waals surface area contributed by atoms with Gasteiger partial charge < -0.3 is 43.0 Å². The van der Waals surface area contributed by atoms with Crippen LogP contribution in [0.1, 0.15) is 25.7 Å². The van der Waals surface area contributed by atoms with Crippen LogP contribution in [0, 0.1) is 0 Å². The summed E-state index contributed by atoms with van der Waals surface area (Å²) >= 11 is 3.45. The first kappa shape index (κ1) is 37.5. The zero-order valence-electron chi connectivity index (χ0n) is 26.6. The van der Waals surface area contributed by atoms with Gasteiger partial charge in [0.15, 0.2) is 0 Å². The highest BCUT2D eigenvalue weighted by Gasteiger charge is 2.21. The molecule has 0 unspecified atom stereocenters. The Morgan fingerprint density at radius 1 is 0.622 bits per heavy atom. The number of anilines is 2. The van der Waals surface area contributed by atoms with Gasteiger partial charge in [0.25, 0.3) is 0 Å². The van der Waals surface area contributed by atoms with E-state index in [0.29, 0.717) is 48.4 Å². The Morgan fingerprint density at radius 2 is 1.20 bits per heavy atom. The van der Waals surface area contributed by atoms with Gasteiger partial charge in [-0.15, -0.1) is 0 Å². The fraction of sp³-hybridized carbons (Fsp3) is 0.531. The van der Waals surface area contributed by atoms with Gasteiger partial charge in [-0.1, -0.05) is 40.9 Å². The van der Waals surface area contributed by atoms with Gasteiger partial charge in [-0.25, -0.2) is 0 Å². The lowest BCUT2D eigenvalue weighted by atomic mass is 10.2. The first-order chi connectivity index (χ1) is 21.9. The molecule has 0 fully saturated rings. The minimum Gasteiger partial charge on any atom is -0.493 e. The fourth-order valence-corrected chi connectivity index (χ4v) is 4.61. The smallest absolute Gasteiger partial charge is 0.325 e. The maximum atomic E-state index is 12.2. The molecule has 0 spiro atoms. The lowest BCUT2D eigenvalue weighted by Gasteiger charge is -2.26. The molecule has 0 atom stereocenters. The van der Waals surface area contributed by atoms with Gasteiger partial charge in [0, 0.05) is 25.1 Å². The molecule has 0 heterocycles. The van der Waals surface area contributed by atoms with Crippen molar-refractivity contribution in [3.8, 4) is 17.2 Å². The molecule has 0 bridgehead atoms. The van der Waals surface area contributed by atoms with Crippen LogP contribution >= 0.6 is 15.9 Å². The van der Waals surface area contributed by atoms with Crippen molar-refractivity contribution in [1.82, 2.24) is 0 Å². The SMILES string of the molecule is COCCN(CC(=O)OC)c1ccccc1OCCOc1cc(OCCCCCCBr)ccc1N(CC(=O)OC)CC(=O)OC. The van der Waals surface area contributed by atoms with Gasteiger partial charge in [-0.05, 0) is 37.1 Å². The average Bonchev–Trinajstić information content (AvgIpc) is 3.06. The van der Waals surface area contributed by atoms with Gasteiger partial charge in [0.1, 0.15) is 50.1 Å². The second-order valence-corrected chi connectivity index (χ2v) is 10.5. The normalized spacial score (nSPS) is 10.5. The van der Waals surface area contributed by atoms with E-state index in [2.05, 4.69) is 15.9 Å². The number of carbonyl (C=O) groups is 3. The molecule has 0 amide bonds. The summed E-state index contributed by atoms with van der Waals surface area (Å²) in [6, 6.07) is 12.6. The molecule has 0 saturated heterocycles. The topological polar surface area (TPSA) is 122 Å². The predicted molar refractivity (Wildman–Crippen MR) is 174 cm³/mol. The number of benzene rings is 2. The second-order valence-electron chi connectivity index (χ2n) is 9.74. The number of para-hydroxylation sites is 2. The van der Waals surface area contributed by atoms with E-state index in [1.807, 2.05) is 23.1 Å². The van der Waals surface area contributed by atoms with Crippen molar-refractivity contribution in [1.29, 1.82) is 0 Å². The van der Waals surface area contributed by atoms with Crippen molar-refractivity contribution >= 4 is 45.2 Å². The van der Waals surface area contributed by atoms with E-state index in [9.17, 15) is 14.4 Å². The number of hydrogen-bond donors (Lipinski definition) is 0. The second kappa shape index (κ2) is 21.9. The lowest BCUT2D eigenvalue weighted by Crippen LogP contribution is -2.36. The summed E-state index contributed by atoms with van der Waals surface area (Å²) in [5.41, 5.74) is 1.19. The number of halogens is 1. The van der Waals surface area contributed by atoms with Gasteiger partial charge in [-0.3, -0.25) is 14.4 Å². The van der Waals surface area contributed by atoms with Crippen molar-refractivity contribution < 1.29 is 47.5 Å².